The number of nitrogens with one attached hydrogen (secondary N) is 3. The van der Waals surface area contributed by atoms with Gasteiger partial charge in [-0.05, 0) is 67.4 Å². The van der Waals surface area contributed by atoms with Crippen molar-refractivity contribution in [2.24, 2.45) is 11.8 Å². The van der Waals surface area contributed by atoms with Gasteiger partial charge in [-0.25, -0.2) is 0 Å². The zero-order valence-electron chi connectivity index (χ0n) is 23.5. The third kappa shape index (κ3) is 8.07. The summed E-state index contributed by atoms with van der Waals surface area (Å²) in [5.74, 6) is -0.744. The van der Waals surface area contributed by atoms with Crippen LogP contribution in [0.25, 0.3) is 6.08 Å². The van der Waals surface area contributed by atoms with Gasteiger partial charge in [-0.1, -0.05) is 52.0 Å². The van der Waals surface area contributed by atoms with E-state index in [4.69, 9.17) is 4.74 Å². The van der Waals surface area contributed by atoms with E-state index in [0.717, 1.165) is 11.1 Å². The van der Waals surface area contributed by atoms with Gasteiger partial charge in [0.05, 0.1) is 6.04 Å². The highest BCUT2D eigenvalue weighted by Gasteiger charge is 2.38. The van der Waals surface area contributed by atoms with Gasteiger partial charge in [0.1, 0.15) is 29.7 Å². The molecular weight excluding hydrogens is 496 g/mol. The summed E-state index contributed by atoms with van der Waals surface area (Å²) in [7, 11) is 3.64. The number of aromatic hydroxyl groups is 1. The number of phenols is 1. The average Bonchev–Trinajstić information content (AvgIpc) is 2.86. The summed E-state index contributed by atoms with van der Waals surface area (Å²) < 4.78 is 6.31. The number of benzene rings is 2. The van der Waals surface area contributed by atoms with Gasteiger partial charge in [0.25, 0.3) is 0 Å². The van der Waals surface area contributed by atoms with E-state index in [-0.39, 0.29) is 29.9 Å². The molecular formula is C30H40N4O5. The van der Waals surface area contributed by atoms with Gasteiger partial charge in [-0.15, -0.1) is 0 Å². The summed E-state index contributed by atoms with van der Waals surface area (Å²) in [4.78, 5) is 42.4. The fraction of sp³-hybridized carbons (Fsp3) is 0.433. The summed E-state index contributed by atoms with van der Waals surface area (Å²) in [5.41, 5.74) is 1.61. The molecule has 0 fully saturated rings. The van der Waals surface area contributed by atoms with Gasteiger partial charge in [0, 0.05) is 12.6 Å². The van der Waals surface area contributed by atoms with E-state index in [1.165, 1.54) is 18.3 Å². The molecule has 9 heteroatoms. The van der Waals surface area contributed by atoms with Crippen molar-refractivity contribution < 1.29 is 24.2 Å². The molecule has 0 unspecified atom stereocenters. The Bertz CT molecular complexity index is 1150. The fourth-order valence-electron chi connectivity index (χ4n) is 4.73. The first-order valence-electron chi connectivity index (χ1n) is 13.2. The minimum absolute atomic E-state index is 0.00709. The van der Waals surface area contributed by atoms with Gasteiger partial charge >= 0.3 is 0 Å². The molecule has 4 atom stereocenters. The first-order valence-corrected chi connectivity index (χ1v) is 13.2. The maximum absolute atomic E-state index is 13.9. The lowest BCUT2D eigenvalue weighted by Crippen LogP contribution is -2.62. The highest BCUT2D eigenvalue weighted by Crippen LogP contribution is 2.21. The Hall–Kier alpha value is -3.85. The highest BCUT2D eigenvalue weighted by molar-refractivity contribution is 5.94. The second-order valence-electron chi connectivity index (χ2n) is 10.8. The smallest absolute Gasteiger partial charge is 0.247 e. The third-order valence-corrected chi connectivity index (χ3v) is 6.69. The number of carbonyl (C=O) groups is 3. The zero-order chi connectivity index (χ0) is 28.7. The number of rotatable bonds is 7. The molecule has 2 aromatic rings. The second kappa shape index (κ2) is 13.3. The number of carbonyl (C=O) groups excluding carboxylic acids is 3. The number of amides is 3. The minimum atomic E-state index is -1.08. The molecule has 0 saturated carbocycles. The van der Waals surface area contributed by atoms with E-state index in [1.807, 2.05) is 58.8 Å². The van der Waals surface area contributed by atoms with Gasteiger partial charge in [0.15, 0.2) is 0 Å². The Labute approximate surface area is 230 Å². The quantitative estimate of drug-likeness (QED) is 0.432. The van der Waals surface area contributed by atoms with Crippen molar-refractivity contribution >= 4 is 23.8 Å². The summed E-state index contributed by atoms with van der Waals surface area (Å²) in [6.45, 7) is 7.73. The van der Waals surface area contributed by atoms with Crippen LogP contribution in [-0.2, 0) is 20.8 Å². The van der Waals surface area contributed by atoms with Crippen molar-refractivity contribution in [3.8, 4) is 11.5 Å². The van der Waals surface area contributed by atoms with Crippen LogP contribution in [0.2, 0.25) is 0 Å². The normalized spacial score (nSPS) is 21.6. The van der Waals surface area contributed by atoms with Gasteiger partial charge in [-0.2, -0.15) is 0 Å². The first kappa shape index (κ1) is 29.7. The molecule has 0 spiro atoms. The maximum Gasteiger partial charge on any atom is 0.247 e. The third-order valence-electron chi connectivity index (χ3n) is 6.69. The molecule has 0 aromatic heterocycles. The maximum atomic E-state index is 13.9. The molecule has 0 radical (unpaired) electrons. The van der Waals surface area contributed by atoms with E-state index >= 15 is 0 Å². The van der Waals surface area contributed by atoms with Gasteiger partial charge in [0.2, 0.25) is 17.7 Å². The van der Waals surface area contributed by atoms with E-state index in [1.54, 1.807) is 30.3 Å². The Morgan fingerprint density at radius 3 is 2.21 bits per heavy atom. The van der Waals surface area contributed by atoms with Crippen LogP contribution in [0.15, 0.2) is 54.7 Å². The topological polar surface area (TPSA) is 120 Å². The van der Waals surface area contributed by atoms with Crippen molar-refractivity contribution in [1.82, 2.24) is 20.9 Å². The number of hydrogen-bond donors (Lipinski definition) is 4. The van der Waals surface area contributed by atoms with Crippen molar-refractivity contribution in [2.75, 3.05) is 14.1 Å². The number of fused-ring (bicyclic) bond motifs is 10. The lowest BCUT2D eigenvalue weighted by molar-refractivity contribution is -0.136. The molecule has 210 valence electrons. The summed E-state index contributed by atoms with van der Waals surface area (Å²) in [6.07, 6.45) is 2.74. The monoisotopic (exact) mass is 536 g/mol. The van der Waals surface area contributed by atoms with Crippen LogP contribution < -0.4 is 20.7 Å². The van der Waals surface area contributed by atoms with E-state index in [9.17, 15) is 19.5 Å². The predicted octanol–water partition coefficient (Wildman–Crippen LogP) is 2.69. The molecule has 4 N–H and O–H groups in total. The first-order chi connectivity index (χ1) is 18.5. The van der Waals surface area contributed by atoms with Crippen LogP contribution in [0.4, 0.5) is 0 Å². The Morgan fingerprint density at radius 2 is 1.64 bits per heavy atom. The minimum Gasteiger partial charge on any atom is -0.508 e. The molecule has 0 aliphatic carbocycles. The van der Waals surface area contributed by atoms with Crippen molar-refractivity contribution in [2.45, 2.75) is 58.3 Å². The van der Waals surface area contributed by atoms with Crippen LogP contribution in [0.1, 0.15) is 38.8 Å². The summed E-state index contributed by atoms with van der Waals surface area (Å²) in [6, 6.07) is 11.2. The van der Waals surface area contributed by atoms with Crippen LogP contribution in [0, 0.1) is 11.8 Å². The van der Waals surface area contributed by atoms with Crippen molar-refractivity contribution in [3.63, 3.8) is 0 Å². The van der Waals surface area contributed by atoms with Crippen LogP contribution >= 0.6 is 0 Å². The van der Waals surface area contributed by atoms with E-state index < -0.39 is 36.0 Å². The number of likely N-dealkylation sites (N-methyl/N-ethyl adjacent to an activating group) is 1. The largest absolute Gasteiger partial charge is 0.508 e. The van der Waals surface area contributed by atoms with E-state index in [2.05, 4.69) is 16.0 Å². The number of nitrogens with zero attached hydrogens (tertiary/aromatic N) is 1. The average molecular weight is 537 g/mol. The fourth-order valence-corrected chi connectivity index (χ4v) is 4.73. The number of hydrogen-bond acceptors (Lipinski definition) is 6. The van der Waals surface area contributed by atoms with Crippen LogP contribution in [0.3, 0.4) is 0 Å². The lowest BCUT2D eigenvalue weighted by Gasteiger charge is -2.34. The van der Waals surface area contributed by atoms with Crippen molar-refractivity contribution in [3.05, 3.63) is 65.9 Å². The van der Waals surface area contributed by atoms with Crippen LogP contribution in [-0.4, -0.2) is 66.1 Å². The Kier molecular flexibility index (Phi) is 10.1. The molecule has 2 heterocycles. The molecule has 9 nitrogen and oxygen atoms in total. The zero-order valence-corrected chi connectivity index (χ0v) is 23.5. The molecule has 4 rings (SSSR count). The standard InChI is InChI=1S/C30H40N4O5/c1-18(2)26(34(5)6)30(38)33-25-27(19(3)4)39-23-13-9-20(10-14-23)15-16-31-28(36)24(32-29(25)37)17-21-7-11-22(35)12-8-21/h7-16,18-19,24-27,35H,17H2,1-6H3,(H,31,36)(H,32,37)(H,33,38)/b16-15-/t24-,25-,26+,27-/m1/s1. The molecule has 39 heavy (non-hydrogen) atoms. The molecule has 0 saturated heterocycles. The summed E-state index contributed by atoms with van der Waals surface area (Å²) >= 11 is 0. The molecule has 2 bridgehead atoms. The van der Waals surface area contributed by atoms with Gasteiger partial charge < -0.3 is 25.8 Å². The van der Waals surface area contributed by atoms with Crippen molar-refractivity contribution in [1.29, 1.82) is 0 Å². The highest BCUT2D eigenvalue weighted by atomic mass is 16.5. The van der Waals surface area contributed by atoms with Gasteiger partial charge in [-0.3, -0.25) is 19.3 Å². The second-order valence-corrected chi connectivity index (χ2v) is 10.8. The molecule has 3 amide bonds. The molecule has 2 aliphatic rings. The number of ether oxygens (including phenoxy) is 1. The molecule has 2 aliphatic heterocycles. The van der Waals surface area contributed by atoms with Crippen LogP contribution in [0.5, 0.6) is 11.5 Å². The Morgan fingerprint density at radius 1 is 1.00 bits per heavy atom. The molecule has 2 aromatic carbocycles. The Balaban J connectivity index is 2.03. The van der Waals surface area contributed by atoms with E-state index in [0.29, 0.717) is 5.75 Å². The number of phenolic OH excluding ortho intramolecular Hbond substituents is 1. The predicted molar refractivity (Wildman–Crippen MR) is 151 cm³/mol. The summed E-state index contributed by atoms with van der Waals surface area (Å²) in [5, 5.41) is 18.2. The lowest BCUT2D eigenvalue weighted by atomic mass is 9.95. The SMILES string of the molecule is CC(C)[C@H]1Oc2ccc(cc2)/C=C\NC(=O)[C@@H](Cc2ccc(O)cc2)NC(=O)[C@@H]1NC(=O)[C@H](C(C)C)N(C)C.